The molecule has 0 aliphatic carbocycles. The molecule has 0 radical (unpaired) electrons. The SMILES string of the molecule is CCCCC/C=C\C/C=C\C/C=C\CCCCCCCCC(=O)OCC(COC1OC(C(=O)O)C(O)C(O)C1OC(=O)CCCCCCCCC/C=C\CCCCCCCC)OC(=O)CCCCCCCCCCC. The summed E-state index contributed by atoms with van der Waals surface area (Å²) in [6, 6.07) is 0. The second kappa shape index (κ2) is 51.4. The van der Waals surface area contributed by atoms with Gasteiger partial charge in [-0.3, -0.25) is 14.4 Å². The number of unbranched alkanes of at least 4 members (excludes halogenated alkanes) is 30. The number of aliphatic carboxylic acids is 1. The molecule has 0 bridgehead atoms. The minimum absolute atomic E-state index is 0.0562. The van der Waals surface area contributed by atoms with Crippen molar-refractivity contribution < 1.29 is 58.2 Å². The zero-order valence-electron chi connectivity index (χ0n) is 47.8. The molecule has 0 spiro atoms. The van der Waals surface area contributed by atoms with Crippen molar-refractivity contribution in [3.8, 4) is 0 Å². The Kier molecular flexibility index (Phi) is 47.8. The van der Waals surface area contributed by atoms with Crippen molar-refractivity contribution >= 4 is 23.9 Å². The van der Waals surface area contributed by atoms with Gasteiger partial charge in [-0.1, -0.05) is 223 Å². The van der Waals surface area contributed by atoms with Gasteiger partial charge in [-0.15, -0.1) is 0 Å². The first kappa shape index (κ1) is 69.7. The normalized spacial score (nSPS) is 18.4. The van der Waals surface area contributed by atoms with E-state index < -0.39 is 67.3 Å². The number of aliphatic hydroxyl groups excluding tert-OH is 2. The van der Waals surface area contributed by atoms with E-state index in [1.54, 1.807) is 0 Å². The van der Waals surface area contributed by atoms with Crippen LogP contribution < -0.4 is 0 Å². The fourth-order valence-corrected chi connectivity index (χ4v) is 9.13. The number of carbonyl (C=O) groups excluding carboxylic acids is 3. The quantitative estimate of drug-likeness (QED) is 0.0228. The van der Waals surface area contributed by atoms with Crippen molar-refractivity contribution in [1.29, 1.82) is 0 Å². The van der Waals surface area contributed by atoms with Gasteiger partial charge in [0.1, 0.15) is 18.8 Å². The molecule has 1 heterocycles. The van der Waals surface area contributed by atoms with Crippen molar-refractivity contribution in [2.24, 2.45) is 0 Å². The van der Waals surface area contributed by atoms with E-state index in [1.807, 2.05) is 0 Å². The van der Waals surface area contributed by atoms with Crippen LogP contribution in [-0.4, -0.2) is 89.2 Å². The number of carboxylic acids is 1. The lowest BCUT2D eigenvalue weighted by Gasteiger charge is -2.40. The van der Waals surface area contributed by atoms with E-state index in [1.165, 1.54) is 116 Å². The molecule has 1 aliphatic heterocycles. The molecule has 1 aliphatic rings. The maximum Gasteiger partial charge on any atom is 0.335 e. The van der Waals surface area contributed by atoms with Gasteiger partial charge in [-0.05, 0) is 83.5 Å². The van der Waals surface area contributed by atoms with E-state index in [4.69, 9.17) is 23.7 Å². The Morgan fingerprint density at radius 3 is 1.25 bits per heavy atom. The zero-order chi connectivity index (χ0) is 54.7. The highest BCUT2D eigenvalue weighted by atomic mass is 16.7. The van der Waals surface area contributed by atoms with Crippen molar-refractivity contribution in [2.75, 3.05) is 13.2 Å². The molecule has 75 heavy (non-hydrogen) atoms. The molecule has 0 aromatic rings. The molecule has 6 atom stereocenters. The number of carboxylic acid groups (broad SMARTS) is 1. The lowest BCUT2D eigenvalue weighted by atomic mass is 9.98. The largest absolute Gasteiger partial charge is 0.479 e. The third kappa shape index (κ3) is 41.5. The summed E-state index contributed by atoms with van der Waals surface area (Å²) in [6.45, 7) is 5.94. The number of ether oxygens (including phenoxy) is 5. The van der Waals surface area contributed by atoms with E-state index in [0.717, 1.165) is 103 Å². The van der Waals surface area contributed by atoms with E-state index >= 15 is 0 Å². The molecule has 0 amide bonds. The van der Waals surface area contributed by atoms with E-state index in [2.05, 4.69) is 69.4 Å². The van der Waals surface area contributed by atoms with Crippen LogP contribution in [0.2, 0.25) is 0 Å². The molecule has 12 nitrogen and oxygen atoms in total. The van der Waals surface area contributed by atoms with Crippen molar-refractivity contribution in [3.63, 3.8) is 0 Å². The average molecular weight is 1060 g/mol. The molecule has 1 rings (SSSR count). The minimum Gasteiger partial charge on any atom is -0.479 e. The molecule has 0 saturated carbocycles. The van der Waals surface area contributed by atoms with Crippen LogP contribution in [0.4, 0.5) is 0 Å². The summed E-state index contributed by atoms with van der Waals surface area (Å²) in [5.41, 5.74) is 0. The highest BCUT2D eigenvalue weighted by molar-refractivity contribution is 5.74. The Morgan fingerprint density at radius 2 is 0.800 bits per heavy atom. The number of hydrogen-bond donors (Lipinski definition) is 3. The van der Waals surface area contributed by atoms with E-state index in [9.17, 15) is 34.5 Å². The smallest absolute Gasteiger partial charge is 0.335 e. The van der Waals surface area contributed by atoms with Gasteiger partial charge in [-0.2, -0.15) is 0 Å². The van der Waals surface area contributed by atoms with E-state index in [0.29, 0.717) is 19.3 Å². The molecule has 0 aromatic heterocycles. The molecule has 0 aromatic carbocycles. The van der Waals surface area contributed by atoms with Gasteiger partial charge in [0.05, 0.1) is 6.61 Å². The van der Waals surface area contributed by atoms with Crippen LogP contribution in [0, 0.1) is 0 Å². The molecule has 3 N–H and O–H groups in total. The van der Waals surface area contributed by atoms with Crippen LogP contribution in [-0.2, 0) is 42.9 Å². The summed E-state index contributed by atoms with van der Waals surface area (Å²) in [4.78, 5) is 51.1. The van der Waals surface area contributed by atoms with Crippen LogP contribution in [0.15, 0.2) is 48.6 Å². The van der Waals surface area contributed by atoms with Crippen LogP contribution in [0.3, 0.4) is 0 Å². The molecular weight excluding hydrogens is 949 g/mol. The van der Waals surface area contributed by atoms with Crippen molar-refractivity contribution in [1.82, 2.24) is 0 Å². The standard InChI is InChI=1S/C63H110O12/c1-4-7-10-13-16-19-21-23-25-27-28-30-31-33-35-38-40-43-46-49-55(64)71-52-54(73-56(65)50-47-44-41-37-18-15-12-9-6-3)53-72-63-61(59(68)58(67)60(75-63)62(69)70)74-57(66)51-48-45-42-39-36-34-32-29-26-24-22-20-17-14-11-8-5-2/h16,19,23-26,28,30,54,58-61,63,67-68H,4-15,17-18,20-22,27,29,31-53H2,1-3H3,(H,69,70)/b19-16-,25-23-,26-24-,30-28-. The molecular formula is C63H110O12. The van der Waals surface area contributed by atoms with Gasteiger partial charge in [0.15, 0.2) is 24.6 Å². The average Bonchev–Trinajstić information content (AvgIpc) is 3.39. The molecule has 12 heteroatoms. The van der Waals surface area contributed by atoms with Crippen molar-refractivity contribution in [3.05, 3.63) is 48.6 Å². The maximum atomic E-state index is 13.1. The predicted octanol–water partition coefficient (Wildman–Crippen LogP) is 15.8. The number of aliphatic hydroxyl groups is 2. The zero-order valence-corrected chi connectivity index (χ0v) is 47.8. The fourth-order valence-electron chi connectivity index (χ4n) is 9.13. The number of allylic oxidation sites excluding steroid dienone is 8. The number of esters is 3. The first-order valence-corrected chi connectivity index (χ1v) is 30.6. The predicted molar refractivity (Wildman–Crippen MR) is 303 cm³/mol. The summed E-state index contributed by atoms with van der Waals surface area (Å²) in [5.74, 6) is -3.12. The van der Waals surface area contributed by atoms with Crippen LogP contribution >= 0.6 is 0 Å². The Bertz CT molecular complexity index is 1490. The van der Waals surface area contributed by atoms with Gasteiger partial charge < -0.3 is 39.0 Å². The summed E-state index contributed by atoms with van der Waals surface area (Å²) < 4.78 is 28.4. The minimum atomic E-state index is -1.90. The van der Waals surface area contributed by atoms with Crippen molar-refractivity contribution in [2.45, 2.75) is 314 Å². The monoisotopic (exact) mass is 1060 g/mol. The number of hydrogen-bond acceptors (Lipinski definition) is 11. The van der Waals surface area contributed by atoms with Gasteiger partial charge in [0.2, 0.25) is 0 Å². The first-order chi connectivity index (χ1) is 36.6. The summed E-state index contributed by atoms with van der Waals surface area (Å²) in [7, 11) is 0. The second-order valence-electron chi connectivity index (χ2n) is 21.0. The second-order valence-corrected chi connectivity index (χ2v) is 21.0. The third-order valence-electron chi connectivity index (χ3n) is 13.9. The lowest BCUT2D eigenvalue weighted by Crippen LogP contribution is -2.61. The van der Waals surface area contributed by atoms with Gasteiger partial charge >= 0.3 is 23.9 Å². The molecule has 6 unspecified atom stereocenters. The third-order valence-corrected chi connectivity index (χ3v) is 13.9. The van der Waals surface area contributed by atoms with E-state index in [-0.39, 0.29) is 25.9 Å². The first-order valence-electron chi connectivity index (χ1n) is 30.6. The van der Waals surface area contributed by atoms with Crippen LogP contribution in [0.5, 0.6) is 0 Å². The Morgan fingerprint density at radius 1 is 0.440 bits per heavy atom. The number of rotatable bonds is 52. The summed E-state index contributed by atoms with van der Waals surface area (Å²) in [6.07, 6.45) is 49.4. The summed E-state index contributed by atoms with van der Waals surface area (Å²) >= 11 is 0. The number of carbonyl (C=O) groups is 4. The highest BCUT2D eigenvalue weighted by Crippen LogP contribution is 2.26. The topological polar surface area (TPSA) is 175 Å². The van der Waals surface area contributed by atoms with Gasteiger partial charge in [-0.25, -0.2) is 4.79 Å². The Labute approximate surface area is 456 Å². The van der Waals surface area contributed by atoms with Gasteiger partial charge in [0.25, 0.3) is 0 Å². The highest BCUT2D eigenvalue weighted by Gasteiger charge is 2.50. The maximum absolute atomic E-state index is 13.1. The van der Waals surface area contributed by atoms with Crippen LogP contribution in [0.1, 0.15) is 278 Å². The van der Waals surface area contributed by atoms with Gasteiger partial charge in [0, 0.05) is 19.3 Å². The van der Waals surface area contributed by atoms with Crippen LogP contribution in [0.25, 0.3) is 0 Å². The lowest BCUT2D eigenvalue weighted by molar-refractivity contribution is -0.301. The molecule has 434 valence electrons. The molecule has 1 saturated heterocycles. The summed E-state index contributed by atoms with van der Waals surface area (Å²) in [5, 5.41) is 31.5. The molecule has 1 fully saturated rings. The fraction of sp³-hybridized carbons (Fsp3) is 0.810. The Hall–Kier alpha value is -3.32. The Balaban J connectivity index is 2.62.